The summed E-state index contributed by atoms with van der Waals surface area (Å²) < 4.78 is 0. The molecule has 1 heteroatoms. The third-order valence-electron chi connectivity index (χ3n) is 3.64. The lowest BCUT2D eigenvalue weighted by Crippen LogP contribution is -1.85. The predicted octanol–water partition coefficient (Wildman–Crippen LogP) is 6.29. The maximum atomic E-state index is 2.29. The van der Waals surface area contributed by atoms with Gasteiger partial charge in [0.2, 0.25) is 21.1 Å². The van der Waals surface area contributed by atoms with Crippen molar-refractivity contribution in [2.45, 2.75) is 20.8 Å². The van der Waals surface area contributed by atoms with Crippen molar-refractivity contribution in [3.63, 3.8) is 0 Å². The van der Waals surface area contributed by atoms with E-state index in [1.54, 1.807) is 0 Å². The van der Waals surface area contributed by atoms with Crippen LogP contribution in [0.4, 0.5) is 0 Å². The van der Waals surface area contributed by atoms with Crippen molar-refractivity contribution < 1.29 is 0 Å². The zero-order valence-electron chi connectivity index (χ0n) is 12.7. The van der Waals surface area contributed by atoms with Crippen molar-refractivity contribution in [3.8, 4) is 20.9 Å². The SMILES string of the molecule is Cc1cc(-c2ccccc2)[s+]c(-c2ccc(C)cc2C)c1. The van der Waals surface area contributed by atoms with E-state index in [-0.39, 0.29) is 0 Å². The fraction of sp³-hybridized carbons (Fsp3) is 0.150. The quantitative estimate of drug-likeness (QED) is 0.487. The molecule has 0 amide bonds. The van der Waals surface area contributed by atoms with Crippen LogP contribution in [-0.2, 0) is 0 Å². The van der Waals surface area contributed by atoms with Crippen LogP contribution in [0.3, 0.4) is 0 Å². The maximum absolute atomic E-state index is 2.29. The largest absolute Gasteiger partial charge is 0.239 e. The van der Waals surface area contributed by atoms with Gasteiger partial charge in [0.1, 0.15) is 0 Å². The molecule has 1 heterocycles. The third-order valence-corrected chi connectivity index (χ3v) is 4.77. The minimum atomic E-state index is 1.29. The lowest BCUT2D eigenvalue weighted by atomic mass is 10.0. The van der Waals surface area contributed by atoms with Crippen LogP contribution in [0.2, 0.25) is 0 Å². The van der Waals surface area contributed by atoms with Crippen LogP contribution in [0.5, 0.6) is 0 Å². The van der Waals surface area contributed by atoms with Gasteiger partial charge in [0.15, 0.2) is 0 Å². The second kappa shape index (κ2) is 5.79. The monoisotopic (exact) mass is 291 g/mol. The molecule has 3 aromatic rings. The van der Waals surface area contributed by atoms with E-state index in [9.17, 15) is 0 Å². The lowest BCUT2D eigenvalue weighted by Gasteiger charge is -2.02. The average Bonchev–Trinajstić information content (AvgIpc) is 2.47. The van der Waals surface area contributed by atoms with Gasteiger partial charge in [0, 0.05) is 23.3 Å². The van der Waals surface area contributed by atoms with Gasteiger partial charge in [-0.3, -0.25) is 0 Å². The molecule has 21 heavy (non-hydrogen) atoms. The van der Waals surface area contributed by atoms with Crippen LogP contribution in [0.15, 0.2) is 60.7 Å². The summed E-state index contributed by atoms with van der Waals surface area (Å²) in [5.41, 5.74) is 6.60. The number of rotatable bonds is 2. The summed E-state index contributed by atoms with van der Waals surface area (Å²) >= 11 is 1.86. The first-order chi connectivity index (χ1) is 10.1. The molecule has 0 aliphatic carbocycles. The van der Waals surface area contributed by atoms with Gasteiger partial charge in [-0.05, 0) is 50.1 Å². The summed E-state index contributed by atoms with van der Waals surface area (Å²) in [7, 11) is 0. The number of hydrogen-bond acceptors (Lipinski definition) is 0. The van der Waals surface area contributed by atoms with E-state index in [1.165, 1.54) is 37.6 Å². The Bertz CT molecular complexity index is 773. The molecule has 0 fully saturated rings. The number of aryl methyl sites for hydroxylation is 3. The Morgan fingerprint density at radius 2 is 1.38 bits per heavy atom. The standard InChI is InChI=1S/C20H19S/c1-14-9-10-18(16(3)11-14)20-13-15(2)12-19(21-20)17-7-5-4-6-8-17/h4-13H,1-3H3/q+1. The topological polar surface area (TPSA) is 0 Å². The van der Waals surface area contributed by atoms with E-state index in [0.717, 1.165) is 0 Å². The molecule has 104 valence electrons. The number of hydrogen-bond donors (Lipinski definition) is 0. The van der Waals surface area contributed by atoms with Gasteiger partial charge < -0.3 is 0 Å². The molecule has 0 unspecified atom stereocenters. The van der Waals surface area contributed by atoms with E-state index in [1.807, 2.05) is 11.3 Å². The second-order valence-electron chi connectivity index (χ2n) is 5.55. The van der Waals surface area contributed by atoms with Gasteiger partial charge in [-0.15, -0.1) is 0 Å². The Morgan fingerprint density at radius 1 is 0.667 bits per heavy atom. The van der Waals surface area contributed by atoms with E-state index < -0.39 is 0 Å². The normalized spacial score (nSPS) is 10.6. The van der Waals surface area contributed by atoms with Gasteiger partial charge in [-0.25, -0.2) is 0 Å². The highest BCUT2D eigenvalue weighted by molar-refractivity contribution is 7.18. The average molecular weight is 291 g/mol. The first-order valence-electron chi connectivity index (χ1n) is 7.21. The fourth-order valence-electron chi connectivity index (χ4n) is 2.60. The highest BCUT2D eigenvalue weighted by Gasteiger charge is 2.18. The zero-order valence-corrected chi connectivity index (χ0v) is 13.5. The Hall–Kier alpha value is -1.99. The van der Waals surface area contributed by atoms with Crippen LogP contribution >= 0.6 is 11.3 Å². The molecular formula is C20H19S+. The first-order valence-corrected chi connectivity index (χ1v) is 8.03. The summed E-state index contributed by atoms with van der Waals surface area (Å²) in [6.07, 6.45) is 0. The number of benzene rings is 2. The molecule has 0 aliphatic rings. The molecule has 0 N–H and O–H groups in total. The van der Waals surface area contributed by atoms with E-state index in [0.29, 0.717) is 0 Å². The lowest BCUT2D eigenvalue weighted by molar-refractivity contribution is 1.38. The smallest absolute Gasteiger partial charge is 0.0622 e. The van der Waals surface area contributed by atoms with Crippen molar-refractivity contribution in [1.29, 1.82) is 0 Å². The van der Waals surface area contributed by atoms with Crippen LogP contribution in [-0.4, -0.2) is 0 Å². The zero-order chi connectivity index (χ0) is 14.8. The van der Waals surface area contributed by atoms with Crippen LogP contribution in [0.25, 0.3) is 20.9 Å². The molecule has 1 aromatic heterocycles. The van der Waals surface area contributed by atoms with E-state index in [2.05, 4.69) is 81.4 Å². The van der Waals surface area contributed by atoms with Crippen molar-refractivity contribution in [2.24, 2.45) is 0 Å². The molecular weight excluding hydrogens is 272 g/mol. The molecule has 0 saturated heterocycles. The summed E-state index contributed by atoms with van der Waals surface area (Å²) in [4.78, 5) is 2.66. The van der Waals surface area contributed by atoms with Crippen molar-refractivity contribution in [1.82, 2.24) is 0 Å². The van der Waals surface area contributed by atoms with Gasteiger partial charge in [-0.2, -0.15) is 0 Å². The molecule has 3 rings (SSSR count). The van der Waals surface area contributed by atoms with Crippen LogP contribution in [0.1, 0.15) is 16.7 Å². The highest BCUT2D eigenvalue weighted by atomic mass is 32.1. The van der Waals surface area contributed by atoms with Crippen molar-refractivity contribution >= 4 is 11.3 Å². The van der Waals surface area contributed by atoms with Gasteiger partial charge in [0.25, 0.3) is 0 Å². The first kappa shape index (κ1) is 14.0. The van der Waals surface area contributed by atoms with Crippen molar-refractivity contribution in [3.05, 3.63) is 77.4 Å². The summed E-state index contributed by atoms with van der Waals surface area (Å²) in [5.74, 6) is 0. The molecule has 0 spiro atoms. The van der Waals surface area contributed by atoms with Crippen LogP contribution in [0, 0.1) is 20.8 Å². The minimum Gasteiger partial charge on any atom is -0.0622 e. The Morgan fingerprint density at radius 3 is 2.10 bits per heavy atom. The van der Waals surface area contributed by atoms with Gasteiger partial charge in [0.05, 0.1) is 0 Å². The summed E-state index contributed by atoms with van der Waals surface area (Å²) in [6, 6.07) is 21.9. The Kier molecular flexibility index (Phi) is 3.85. The molecule has 0 aliphatic heterocycles. The summed E-state index contributed by atoms with van der Waals surface area (Å²) in [5, 5.41) is 0. The van der Waals surface area contributed by atoms with Crippen molar-refractivity contribution in [2.75, 3.05) is 0 Å². The maximum Gasteiger partial charge on any atom is 0.239 e. The van der Waals surface area contributed by atoms with Gasteiger partial charge >= 0.3 is 0 Å². The summed E-state index contributed by atoms with van der Waals surface area (Å²) in [6.45, 7) is 6.51. The fourth-order valence-corrected chi connectivity index (χ4v) is 3.92. The molecule has 2 aromatic carbocycles. The van der Waals surface area contributed by atoms with Crippen LogP contribution < -0.4 is 0 Å². The molecule has 0 nitrogen and oxygen atoms in total. The van der Waals surface area contributed by atoms with E-state index >= 15 is 0 Å². The Balaban J connectivity index is 2.14. The minimum absolute atomic E-state index is 1.29. The third kappa shape index (κ3) is 3.03. The molecule has 0 bridgehead atoms. The predicted molar refractivity (Wildman–Crippen MR) is 93.8 cm³/mol. The molecule has 0 saturated carbocycles. The van der Waals surface area contributed by atoms with Gasteiger partial charge in [-0.1, -0.05) is 35.9 Å². The highest BCUT2D eigenvalue weighted by Crippen LogP contribution is 2.35. The molecule has 0 radical (unpaired) electrons. The Labute approximate surface area is 130 Å². The van der Waals surface area contributed by atoms with E-state index in [4.69, 9.17) is 0 Å². The molecule has 0 atom stereocenters. The second-order valence-corrected chi connectivity index (χ2v) is 6.63.